The van der Waals surface area contributed by atoms with Crippen LogP contribution in [0.4, 0.5) is 0 Å². The van der Waals surface area contributed by atoms with Crippen molar-refractivity contribution in [3.63, 3.8) is 0 Å². The van der Waals surface area contributed by atoms with E-state index in [-0.39, 0.29) is 6.10 Å². The summed E-state index contributed by atoms with van der Waals surface area (Å²) in [5, 5.41) is 3.55. The molecule has 142 valence electrons. The molecule has 0 bridgehead atoms. The zero-order valence-electron chi connectivity index (χ0n) is 15.4. The molecule has 0 saturated heterocycles. The van der Waals surface area contributed by atoms with Gasteiger partial charge in [0.2, 0.25) is 0 Å². The van der Waals surface area contributed by atoms with Crippen LogP contribution in [0.15, 0.2) is 59.3 Å². The van der Waals surface area contributed by atoms with Gasteiger partial charge in [-0.3, -0.25) is 4.98 Å². The molecular formula is C23H21ClN2O2. The molecule has 4 aromatic rings. The fourth-order valence-corrected chi connectivity index (χ4v) is 4.24. The zero-order valence-corrected chi connectivity index (χ0v) is 16.2. The first-order valence-corrected chi connectivity index (χ1v) is 10.0. The fraction of sp³-hybridized carbons (Fsp3) is 0.261. The first kappa shape index (κ1) is 17.5. The fourth-order valence-electron chi connectivity index (χ4n) is 3.98. The molecule has 4 nitrogen and oxygen atoms in total. The van der Waals surface area contributed by atoms with E-state index in [9.17, 15) is 0 Å². The molecule has 2 aromatic heterocycles. The Morgan fingerprint density at radius 2 is 1.82 bits per heavy atom. The second kappa shape index (κ2) is 7.12. The number of pyridine rings is 1. The Labute approximate surface area is 168 Å². The maximum Gasteiger partial charge on any atom is 0.137 e. The molecule has 0 atom stereocenters. The van der Waals surface area contributed by atoms with Crippen LogP contribution in [-0.4, -0.2) is 17.1 Å². The normalized spacial score (nSPS) is 19.9. The lowest BCUT2D eigenvalue weighted by Gasteiger charge is -2.27. The highest BCUT2D eigenvalue weighted by molar-refractivity contribution is 6.36. The minimum atomic E-state index is 0.185. The van der Waals surface area contributed by atoms with Crippen molar-refractivity contribution in [3.05, 3.63) is 59.9 Å². The third-order valence-electron chi connectivity index (χ3n) is 5.51. The Hall–Kier alpha value is -2.56. The summed E-state index contributed by atoms with van der Waals surface area (Å²) in [5.41, 5.74) is 7.77. The predicted octanol–water partition coefficient (Wildman–Crippen LogP) is 5.95. The Balaban J connectivity index is 1.57. The van der Waals surface area contributed by atoms with Gasteiger partial charge in [0, 0.05) is 40.2 Å². The van der Waals surface area contributed by atoms with Crippen molar-refractivity contribution >= 4 is 33.3 Å². The van der Waals surface area contributed by atoms with E-state index in [0.717, 1.165) is 64.5 Å². The number of para-hydroxylation sites is 1. The van der Waals surface area contributed by atoms with E-state index >= 15 is 0 Å². The van der Waals surface area contributed by atoms with E-state index < -0.39 is 0 Å². The number of fused-ring (bicyclic) bond motifs is 2. The molecule has 1 aliphatic rings. The van der Waals surface area contributed by atoms with Crippen molar-refractivity contribution in [2.24, 2.45) is 5.73 Å². The molecule has 0 spiro atoms. The number of hydrogen-bond acceptors (Lipinski definition) is 4. The lowest BCUT2D eigenvalue weighted by Crippen LogP contribution is -2.31. The van der Waals surface area contributed by atoms with Crippen LogP contribution < -0.4 is 10.5 Å². The molecule has 28 heavy (non-hydrogen) atoms. The Morgan fingerprint density at radius 3 is 2.64 bits per heavy atom. The highest BCUT2D eigenvalue weighted by Gasteiger charge is 2.21. The monoisotopic (exact) mass is 392 g/mol. The van der Waals surface area contributed by atoms with Gasteiger partial charge in [0.15, 0.2) is 0 Å². The number of rotatable bonds is 3. The van der Waals surface area contributed by atoms with Gasteiger partial charge in [0.25, 0.3) is 0 Å². The molecule has 1 saturated carbocycles. The van der Waals surface area contributed by atoms with E-state index in [1.807, 2.05) is 48.7 Å². The van der Waals surface area contributed by atoms with E-state index in [4.69, 9.17) is 26.5 Å². The largest absolute Gasteiger partial charge is 0.490 e. The molecule has 1 aliphatic carbocycles. The van der Waals surface area contributed by atoms with Crippen molar-refractivity contribution in [3.8, 4) is 17.1 Å². The topological polar surface area (TPSA) is 61.3 Å². The van der Waals surface area contributed by atoms with Crippen LogP contribution in [0.3, 0.4) is 0 Å². The molecule has 0 amide bonds. The Morgan fingerprint density at radius 1 is 1.00 bits per heavy atom. The third-order valence-corrected chi connectivity index (χ3v) is 5.83. The summed E-state index contributed by atoms with van der Waals surface area (Å²) in [6.45, 7) is 0. The number of nitrogens with two attached hydrogens (primary N) is 1. The zero-order chi connectivity index (χ0) is 19.1. The van der Waals surface area contributed by atoms with Gasteiger partial charge in [0.1, 0.15) is 17.1 Å². The van der Waals surface area contributed by atoms with Gasteiger partial charge in [-0.2, -0.15) is 0 Å². The number of benzene rings is 2. The molecule has 0 radical (unpaired) electrons. The third kappa shape index (κ3) is 3.23. The predicted molar refractivity (Wildman–Crippen MR) is 113 cm³/mol. The van der Waals surface area contributed by atoms with E-state index in [2.05, 4.69) is 4.98 Å². The SMILES string of the molecule is N[C@H]1CC[C@H](Oc2cc(Cl)c3cncc(-c4cc5ccccc5o4)c3c2)CC1. The van der Waals surface area contributed by atoms with Gasteiger partial charge in [-0.1, -0.05) is 29.8 Å². The van der Waals surface area contributed by atoms with Crippen LogP contribution in [-0.2, 0) is 0 Å². The summed E-state index contributed by atoms with van der Waals surface area (Å²) in [7, 11) is 0. The van der Waals surface area contributed by atoms with E-state index in [0.29, 0.717) is 11.1 Å². The number of aromatic nitrogens is 1. The number of halogens is 1. The maximum absolute atomic E-state index is 6.57. The average molecular weight is 393 g/mol. The van der Waals surface area contributed by atoms with Crippen molar-refractivity contribution < 1.29 is 9.15 Å². The van der Waals surface area contributed by atoms with Crippen LogP contribution in [0, 0.1) is 0 Å². The average Bonchev–Trinajstić information content (AvgIpc) is 3.13. The van der Waals surface area contributed by atoms with Crippen LogP contribution in [0.25, 0.3) is 33.1 Å². The van der Waals surface area contributed by atoms with Gasteiger partial charge in [-0.15, -0.1) is 0 Å². The summed E-state index contributed by atoms with van der Waals surface area (Å²) < 4.78 is 12.3. The second-order valence-corrected chi connectivity index (χ2v) is 7.90. The number of hydrogen-bond donors (Lipinski definition) is 1. The second-order valence-electron chi connectivity index (χ2n) is 7.49. The van der Waals surface area contributed by atoms with Gasteiger partial charge < -0.3 is 14.9 Å². The summed E-state index contributed by atoms with van der Waals surface area (Å²) in [5.74, 6) is 1.55. The van der Waals surface area contributed by atoms with Crippen molar-refractivity contribution in [2.75, 3.05) is 0 Å². The molecule has 0 aliphatic heterocycles. The molecule has 2 N–H and O–H groups in total. The van der Waals surface area contributed by atoms with Gasteiger partial charge in [-0.05, 0) is 49.9 Å². The summed E-state index contributed by atoms with van der Waals surface area (Å²) in [6.07, 6.45) is 7.74. The van der Waals surface area contributed by atoms with Crippen LogP contribution in [0.5, 0.6) is 5.75 Å². The Kier molecular flexibility index (Phi) is 4.46. The summed E-state index contributed by atoms with van der Waals surface area (Å²) in [6, 6.07) is 14.2. The maximum atomic E-state index is 6.57. The summed E-state index contributed by atoms with van der Waals surface area (Å²) >= 11 is 6.57. The molecule has 0 unspecified atom stereocenters. The van der Waals surface area contributed by atoms with Gasteiger partial charge >= 0.3 is 0 Å². The smallest absolute Gasteiger partial charge is 0.137 e. The number of ether oxygens (including phenoxy) is 1. The van der Waals surface area contributed by atoms with Crippen molar-refractivity contribution in [1.82, 2.24) is 4.98 Å². The molecular weight excluding hydrogens is 372 g/mol. The van der Waals surface area contributed by atoms with Gasteiger partial charge in [0.05, 0.1) is 11.1 Å². The van der Waals surface area contributed by atoms with Crippen LogP contribution in [0.2, 0.25) is 5.02 Å². The minimum absolute atomic E-state index is 0.185. The summed E-state index contributed by atoms with van der Waals surface area (Å²) in [4.78, 5) is 4.37. The lowest BCUT2D eigenvalue weighted by atomic mass is 9.93. The first-order valence-electron chi connectivity index (χ1n) is 9.66. The highest BCUT2D eigenvalue weighted by Crippen LogP contribution is 2.37. The quantitative estimate of drug-likeness (QED) is 0.468. The standard InChI is InChI=1S/C23H21ClN2O2/c24-21-11-17(27-16-7-5-15(25)6-8-16)10-18-19(21)12-26-13-20(18)23-9-14-3-1-2-4-22(14)28-23/h1-4,9-13,15-16H,5-8,25H2/t15-,16-. The van der Waals surface area contributed by atoms with E-state index in [1.165, 1.54) is 0 Å². The molecule has 1 fully saturated rings. The molecule has 2 aromatic carbocycles. The van der Waals surface area contributed by atoms with E-state index in [1.54, 1.807) is 6.20 Å². The van der Waals surface area contributed by atoms with Crippen LogP contribution in [0.1, 0.15) is 25.7 Å². The van der Waals surface area contributed by atoms with Crippen LogP contribution >= 0.6 is 11.6 Å². The number of furan rings is 1. The van der Waals surface area contributed by atoms with Crippen molar-refractivity contribution in [1.29, 1.82) is 0 Å². The first-order chi connectivity index (χ1) is 13.7. The van der Waals surface area contributed by atoms with Gasteiger partial charge in [-0.25, -0.2) is 0 Å². The Bertz CT molecular complexity index is 1110. The number of nitrogens with zero attached hydrogens (tertiary/aromatic N) is 1. The molecule has 2 heterocycles. The highest BCUT2D eigenvalue weighted by atomic mass is 35.5. The minimum Gasteiger partial charge on any atom is -0.490 e. The molecule has 5 heteroatoms. The molecule has 5 rings (SSSR count). The van der Waals surface area contributed by atoms with Crippen molar-refractivity contribution in [2.45, 2.75) is 37.8 Å². The lowest BCUT2D eigenvalue weighted by molar-refractivity contribution is 0.147.